The zero-order valence-corrected chi connectivity index (χ0v) is 15.1. The van der Waals surface area contributed by atoms with Crippen molar-refractivity contribution in [3.05, 3.63) is 23.9 Å². The fourth-order valence-electron chi connectivity index (χ4n) is 3.09. The van der Waals surface area contributed by atoms with Crippen LogP contribution in [0.15, 0.2) is 18.3 Å². The lowest BCUT2D eigenvalue weighted by Gasteiger charge is -2.58. The van der Waals surface area contributed by atoms with Crippen LogP contribution < -0.4 is 10.1 Å². The molecule has 1 aromatic rings. The molecule has 2 rings (SSSR count). The molecule has 2 unspecified atom stereocenters. The van der Waals surface area contributed by atoms with E-state index in [1.807, 2.05) is 0 Å². The molecule has 1 aliphatic rings. The van der Waals surface area contributed by atoms with Crippen LogP contribution in [0.1, 0.15) is 37.6 Å². The molecule has 10 heteroatoms. The van der Waals surface area contributed by atoms with Gasteiger partial charge in [-0.25, -0.2) is 9.78 Å². The zero-order valence-electron chi connectivity index (χ0n) is 15.1. The molecule has 0 aromatic carbocycles. The predicted molar refractivity (Wildman–Crippen MR) is 87.4 cm³/mol. The van der Waals surface area contributed by atoms with Gasteiger partial charge in [-0.2, -0.15) is 13.2 Å². The van der Waals surface area contributed by atoms with Crippen LogP contribution in [0.4, 0.5) is 13.2 Å². The van der Waals surface area contributed by atoms with Crippen LogP contribution in [-0.2, 0) is 9.53 Å². The van der Waals surface area contributed by atoms with Crippen molar-refractivity contribution in [2.24, 2.45) is 5.41 Å². The van der Waals surface area contributed by atoms with Gasteiger partial charge in [-0.15, -0.1) is 0 Å². The van der Waals surface area contributed by atoms with E-state index in [0.29, 0.717) is 6.61 Å². The molecular weight excluding hydrogens is 369 g/mol. The van der Waals surface area contributed by atoms with Crippen molar-refractivity contribution in [2.75, 3.05) is 13.2 Å². The average Bonchev–Trinajstić information content (AvgIpc) is 2.58. The molecule has 0 spiro atoms. The second kappa shape index (κ2) is 7.34. The summed E-state index contributed by atoms with van der Waals surface area (Å²) in [5, 5.41) is 12.2. The first-order valence-corrected chi connectivity index (χ1v) is 8.26. The maximum absolute atomic E-state index is 12.5. The number of carboxylic acid groups (broad SMARTS) is 1. The van der Waals surface area contributed by atoms with Crippen molar-refractivity contribution in [2.45, 2.75) is 45.0 Å². The fraction of sp³-hybridized carbons (Fsp3) is 0.588. The van der Waals surface area contributed by atoms with Gasteiger partial charge in [-0.1, -0.05) is 13.8 Å². The maximum Gasteiger partial charge on any atom is 0.422 e. The molecule has 27 heavy (non-hydrogen) atoms. The van der Waals surface area contributed by atoms with Crippen LogP contribution in [0.25, 0.3) is 0 Å². The number of halogens is 3. The number of nitrogens with one attached hydrogen (secondary N) is 1. The Morgan fingerprint density at radius 2 is 2.07 bits per heavy atom. The Bertz CT molecular complexity index is 723. The smallest absolute Gasteiger partial charge is 0.422 e. The fourth-order valence-corrected chi connectivity index (χ4v) is 3.09. The molecule has 7 nitrogen and oxygen atoms in total. The number of amides is 1. The third-order valence-electron chi connectivity index (χ3n) is 4.84. The summed E-state index contributed by atoms with van der Waals surface area (Å²) in [6, 6.07) is 2.29. The molecule has 0 aliphatic heterocycles. The summed E-state index contributed by atoms with van der Waals surface area (Å²) < 4.78 is 46.8. The number of alkyl halides is 3. The summed E-state index contributed by atoms with van der Waals surface area (Å²) in [5.41, 5.74) is -2.49. The Kier molecular flexibility index (Phi) is 5.69. The first-order chi connectivity index (χ1) is 12.4. The second-order valence-corrected chi connectivity index (χ2v) is 6.82. The van der Waals surface area contributed by atoms with Gasteiger partial charge >= 0.3 is 12.1 Å². The summed E-state index contributed by atoms with van der Waals surface area (Å²) in [4.78, 5) is 28.0. The molecular formula is C17H21F3N2O5. The lowest BCUT2D eigenvalue weighted by molar-refractivity contribution is -0.190. The Labute approximate surface area is 153 Å². The average molecular weight is 390 g/mol. The molecule has 150 valence electrons. The minimum absolute atomic E-state index is 0.0570. The van der Waals surface area contributed by atoms with Crippen LogP contribution >= 0.6 is 0 Å². The third-order valence-corrected chi connectivity index (χ3v) is 4.84. The van der Waals surface area contributed by atoms with Crippen molar-refractivity contribution in [1.29, 1.82) is 0 Å². The molecule has 0 bridgehead atoms. The summed E-state index contributed by atoms with van der Waals surface area (Å²) in [7, 11) is 0. The van der Waals surface area contributed by atoms with Gasteiger partial charge in [-0.05, 0) is 13.0 Å². The zero-order chi connectivity index (χ0) is 20.5. The largest absolute Gasteiger partial charge is 0.479 e. The number of pyridine rings is 1. The van der Waals surface area contributed by atoms with E-state index in [-0.39, 0.29) is 24.0 Å². The maximum atomic E-state index is 12.5. The molecule has 0 radical (unpaired) electrons. The van der Waals surface area contributed by atoms with Crippen molar-refractivity contribution in [1.82, 2.24) is 10.3 Å². The molecule has 1 heterocycles. The lowest BCUT2D eigenvalue weighted by atomic mass is 9.54. The SMILES string of the molecule is CCOC1CC(NC(=O)c2ccnc(OCC(F)(F)F)c2)(C(=O)O)C1(C)C. The van der Waals surface area contributed by atoms with Gasteiger partial charge < -0.3 is 19.9 Å². The number of hydrogen-bond acceptors (Lipinski definition) is 5. The quantitative estimate of drug-likeness (QED) is 0.742. The normalized spacial score (nSPS) is 24.0. The first-order valence-electron chi connectivity index (χ1n) is 8.26. The highest BCUT2D eigenvalue weighted by Crippen LogP contribution is 2.51. The van der Waals surface area contributed by atoms with Gasteiger partial charge in [0.05, 0.1) is 6.10 Å². The summed E-state index contributed by atoms with van der Waals surface area (Å²) in [5.74, 6) is -2.34. The van der Waals surface area contributed by atoms with Crippen LogP contribution in [0.5, 0.6) is 5.88 Å². The number of nitrogens with zero attached hydrogens (tertiary/aromatic N) is 1. The van der Waals surface area contributed by atoms with E-state index >= 15 is 0 Å². The first kappa shape index (κ1) is 20.9. The van der Waals surface area contributed by atoms with Gasteiger partial charge in [0.2, 0.25) is 5.88 Å². The molecule has 1 aromatic heterocycles. The van der Waals surface area contributed by atoms with Crippen LogP contribution in [-0.4, -0.2) is 53.0 Å². The Hall–Kier alpha value is -2.36. The summed E-state index contributed by atoms with van der Waals surface area (Å²) >= 11 is 0. The highest BCUT2D eigenvalue weighted by molar-refractivity contribution is 5.98. The Morgan fingerprint density at radius 3 is 2.59 bits per heavy atom. The number of hydrogen-bond donors (Lipinski definition) is 2. The van der Waals surface area contributed by atoms with Gasteiger partial charge in [0, 0.05) is 36.3 Å². The third kappa shape index (κ3) is 4.15. The number of aliphatic carboxylic acids is 1. The number of ether oxygens (including phenoxy) is 2. The van der Waals surface area contributed by atoms with Crippen molar-refractivity contribution in [3.63, 3.8) is 0 Å². The second-order valence-electron chi connectivity index (χ2n) is 6.82. The van der Waals surface area contributed by atoms with Crippen LogP contribution in [0.2, 0.25) is 0 Å². The van der Waals surface area contributed by atoms with Gasteiger partial charge in [0.15, 0.2) is 6.61 Å². The lowest BCUT2D eigenvalue weighted by Crippen LogP contribution is -2.76. The van der Waals surface area contributed by atoms with Crippen LogP contribution in [0, 0.1) is 5.41 Å². The number of rotatable bonds is 7. The number of carbonyl (C=O) groups excluding carboxylic acids is 1. The van der Waals surface area contributed by atoms with E-state index in [1.54, 1.807) is 20.8 Å². The van der Waals surface area contributed by atoms with E-state index < -0.39 is 35.6 Å². The van der Waals surface area contributed by atoms with Gasteiger partial charge in [0.25, 0.3) is 5.91 Å². The molecule has 1 saturated carbocycles. The van der Waals surface area contributed by atoms with Crippen molar-refractivity contribution in [3.8, 4) is 5.88 Å². The van der Waals surface area contributed by atoms with Crippen molar-refractivity contribution < 1.29 is 37.3 Å². The molecule has 1 amide bonds. The van der Waals surface area contributed by atoms with Gasteiger partial charge in [0.1, 0.15) is 5.54 Å². The molecule has 2 atom stereocenters. The highest BCUT2D eigenvalue weighted by atomic mass is 19.4. The minimum Gasteiger partial charge on any atom is -0.479 e. The number of carbonyl (C=O) groups is 2. The Balaban J connectivity index is 2.17. The van der Waals surface area contributed by atoms with E-state index in [4.69, 9.17) is 4.74 Å². The van der Waals surface area contributed by atoms with Crippen molar-refractivity contribution >= 4 is 11.9 Å². The monoisotopic (exact) mass is 390 g/mol. The van der Waals surface area contributed by atoms with E-state index in [9.17, 15) is 27.9 Å². The molecule has 0 saturated heterocycles. The summed E-state index contributed by atoms with van der Waals surface area (Å²) in [6.45, 7) is 4.00. The van der Waals surface area contributed by atoms with E-state index in [0.717, 1.165) is 12.3 Å². The number of carboxylic acids is 1. The predicted octanol–water partition coefficient (Wildman–Crippen LogP) is 2.41. The van der Waals surface area contributed by atoms with Crippen LogP contribution in [0.3, 0.4) is 0 Å². The minimum atomic E-state index is -4.54. The van der Waals surface area contributed by atoms with E-state index in [1.165, 1.54) is 6.07 Å². The standard InChI is InChI=1S/C17H21F3N2O5/c1-4-26-11-8-16(14(24)25,15(11,2)3)22-13(23)10-5-6-21-12(7-10)27-9-17(18,19)20/h5-7,11H,4,8-9H2,1-3H3,(H,22,23)(H,24,25). The molecule has 2 N–H and O–H groups in total. The highest BCUT2D eigenvalue weighted by Gasteiger charge is 2.66. The molecule has 1 aliphatic carbocycles. The Morgan fingerprint density at radius 1 is 1.41 bits per heavy atom. The summed E-state index contributed by atoms with van der Waals surface area (Å²) in [6.07, 6.45) is -3.69. The number of aromatic nitrogens is 1. The molecule has 1 fully saturated rings. The van der Waals surface area contributed by atoms with E-state index in [2.05, 4.69) is 15.0 Å². The topological polar surface area (TPSA) is 97.8 Å². The van der Waals surface area contributed by atoms with Gasteiger partial charge in [-0.3, -0.25) is 4.79 Å².